The normalized spacial score (nSPS) is 12.9. The van der Waals surface area contributed by atoms with E-state index in [9.17, 15) is 14.4 Å². The molecule has 0 aliphatic rings. The summed E-state index contributed by atoms with van der Waals surface area (Å²) in [4.78, 5) is 34.0. The first-order chi connectivity index (χ1) is 11.0. The van der Waals surface area contributed by atoms with Crippen LogP contribution in [0.15, 0.2) is 5.10 Å². The van der Waals surface area contributed by atoms with Gasteiger partial charge in [-0.25, -0.2) is 15.0 Å². The first kappa shape index (κ1) is 21.5. The van der Waals surface area contributed by atoms with Crippen LogP contribution in [0.4, 0.5) is 9.59 Å². The van der Waals surface area contributed by atoms with Gasteiger partial charge in [0.05, 0.1) is 0 Å². The Bertz CT molecular complexity index is 469. The van der Waals surface area contributed by atoms with Crippen molar-refractivity contribution in [2.75, 3.05) is 6.54 Å². The van der Waals surface area contributed by atoms with Gasteiger partial charge < -0.3 is 26.2 Å². The molecule has 138 valence electrons. The number of nitrogens with two attached hydrogens (primary N) is 1. The fraction of sp³-hybridized carbons (Fsp3) is 0.714. The fourth-order valence-corrected chi connectivity index (χ4v) is 1.62. The van der Waals surface area contributed by atoms with Crippen molar-refractivity contribution in [1.82, 2.24) is 16.1 Å². The number of alkyl carbamates (subject to hydrolysis) is 1. The van der Waals surface area contributed by atoms with Crippen LogP contribution in [0.5, 0.6) is 0 Å². The molecule has 0 aliphatic carbocycles. The maximum absolute atomic E-state index is 11.8. The van der Waals surface area contributed by atoms with E-state index in [2.05, 4.69) is 21.2 Å². The van der Waals surface area contributed by atoms with Crippen LogP contribution < -0.4 is 21.8 Å². The Hall–Kier alpha value is -2.52. The van der Waals surface area contributed by atoms with Crippen molar-refractivity contribution >= 4 is 23.9 Å². The number of carboxylic acid groups (broad SMARTS) is 1. The zero-order valence-corrected chi connectivity index (χ0v) is 14.5. The van der Waals surface area contributed by atoms with Crippen LogP contribution in [-0.2, 0) is 9.53 Å². The molecule has 0 aromatic rings. The molecule has 1 atom stereocenters. The van der Waals surface area contributed by atoms with E-state index in [1.54, 1.807) is 20.8 Å². The van der Waals surface area contributed by atoms with Gasteiger partial charge in [0.2, 0.25) is 0 Å². The first-order valence-electron chi connectivity index (χ1n) is 7.57. The van der Waals surface area contributed by atoms with Gasteiger partial charge in [0.25, 0.3) is 5.91 Å². The maximum Gasteiger partial charge on any atom is 0.407 e. The van der Waals surface area contributed by atoms with Crippen molar-refractivity contribution in [3.63, 3.8) is 0 Å². The van der Waals surface area contributed by atoms with Gasteiger partial charge in [0, 0.05) is 6.54 Å². The van der Waals surface area contributed by atoms with Crippen LogP contribution in [-0.4, -0.2) is 47.2 Å². The molecular weight excluding hydrogens is 318 g/mol. The molecule has 0 aromatic carbocycles. The molecule has 10 heteroatoms. The fourth-order valence-electron chi connectivity index (χ4n) is 1.62. The monoisotopic (exact) mass is 345 g/mol. The van der Waals surface area contributed by atoms with Crippen LogP contribution >= 0.6 is 0 Å². The molecule has 1 unspecified atom stereocenters. The topological polar surface area (TPSA) is 155 Å². The number of rotatable bonds is 8. The number of hydrogen-bond donors (Lipinski definition) is 5. The zero-order chi connectivity index (χ0) is 18.8. The summed E-state index contributed by atoms with van der Waals surface area (Å²) in [5, 5.41) is 17.0. The molecule has 0 bridgehead atoms. The second-order valence-electron chi connectivity index (χ2n) is 6.16. The van der Waals surface area contributed by atoms with Crippen LogP contribution in [0, 0.1) is 0 Å². The number of carbonyl (C=O) groups excluding carboxylic acids is 2. The van der Waals surface area contributed by atoms with Gasteiger partial charge in [0.1, 0.15) is 17.5 Å². The second kappa shape index (κ2) is 10.3. The van der Waals surface area contributed by atoms with E-state index < -0.39 is 29.7 Å². The summed E-state index contributed by atoms with van der Waals surface area (Å²) in [5.41, 5.74) is 6.91. The number of nitrogens with one attached hydrogen (secondary N) is 3. The first-order valence-corrected chi connectivity index (χ1v) is 7.57. The van der Waals surface area contributed by atoms with Gasteiger partial charge >= 0.3 is 12.2 Å². The second-order valence-corrected chi connectivity index (χ2v) is 6.16. The summed E-state index contributed by atoms with van der Waals surface area (Å²) < 4.78 is 5.08. The third kappa shape index (κ3) is 12.1. The Labute approximate surface area is 141 Å². The molecule has 0 radical (unpaired) electrons. The molecule has 24 heavy (non-hydrogen) atoms. The van der Waals surface area contributed by atoms with Crippen LogP contribution in [0.1, 0.15) is 47.0 Å². The quantitative estimate of drug-likeness (QED) is 0.189. The zero-order valence-electron chi connectivity index (χ0n) is 14.5. The highest BCUT2D eigenvalue weighted by Crippen LogP contribution is 2.06. The number of ether oxygens (including phenoxy) is 1. The number of nitrogens with zero attached hydrogens (tertiary/aromatic N) is 1. The predicted molar refractivity (Wildman–Crippen MR) is 88.5 cm³/mol. The minimum atomic E-state index is -1.31. The summed E-state index contributed by atoms with van der Waals surface area (Å²) >= 11 is 0. The smallest absolute Gasteiger partial charge is 0.407 e. The van der Waals surface area contributed by atoms with Crippen molar-refractivity contribution in [3.8, 4) is 0 Å². The van der Waals surface area contributed by atoms with Gasteiger partial charge in [0.15, 0.2) is 0 Å². The molecule has 0 saturated carbocycles. The number of carbonyl (C=O) groups is 3. The van der Waals surface area contributed by atoms with Crippen molar-refractivity contribution in [2.45, 2.75) is 58.6 Å². The molecule has 0 aromatic heterocycles. The lowest BCUT2D eigenvalue weighted by atomic mass is 10.1. The lowest BCUT2D eigenvalue weighted by Gasteiger charge is -2.19. The Kier molecular flexibility index (Phi) is 9.21. The molecule has 0 rings (SSSR count). The third-order valence-electron chi connectivity index (χ3n) is 2.54. The van der Waals surface area contributed by atoms with Crippen molar-refractivity contribution in [3.05, 3.63) is 0 Å². The summed E-state index contributed by atoms with van der Waals surface area (Å²) in [6.07, 6.45) is -0.500. The SMILES string of the molecule is CC(N)=NNC(=O)C(CCCCNC(=O)OC(C)(C)C)NC(=O)O. The van der Waals surface area contributed by atoms with Crippen molar-refractivity contribution < 1.29 is 24.2 Å². The number of hydrazone groups is 1. The van der Waals surface area contributed by atoms with E-state index in [0.29, 0.717) is 19.4 Å². The van der Waals surface area contributed by atoms with Gasteiger partial charge in [-0.3, -0.25) is 4.79 Å². The molecule has 6 N–H and O–H groups in total. The van der Waals surface area contributed by atoms with Gasteiger partial charge in [-0.05, 0) is 47.0 Å². The highest BCUT2D eigenvalue weighted by atomic mass is 16.6. The average molecular weight is 345 g/mol. The summed E-state index contributed by atoms with van der Waals surface area (Å²) in [6, 6.07) is -0.952. The van der Waals surface area contributed by atoms with E-state index in [1.807, 2.05) is 0 Å². The average Bonchev–Trinajstić information content (AvgIpc) is 2.40. The van der Waals surface area contributed by atoms with E-state index in [-0.39, 0.29) is 12.3 Å². The molecule has 0 heterocycles. The van der Waals surface area contributed by atoms with E-state index in [1.165, 1.54) is 6.92 Å². The van der Waals surface area contributed by atoms with Crippen LogP contribution in [0.25, 0.3) is 0 Å². The molecular formula is C14H27N5O5. The van der Waals surface area contributed by atoms with Gasteiger partial charge in [-0.1, -0.05) is 0 Å². The number of unbranched alkanes of at least 4 members (excludes halogenated alkanes) is 1. The van der Waals surface area contributed by atoms with E-state index in [0.717, 1.165) is 0 Å². The van der Waals surface area contributed by atoms with Gasteiger partial charge in [-0.2, -0.15) is 5.10 Å². The Balaban J connectivity index is 4.19. The van der Waals surface area contributed by atoms with Crippen molar-refractivity contribution in [2.24, 2.45) is 10.8 Å². The van der Waals surface area contributed by atoms with Crippen molar-refractivity contribution in [1.29, 1.82) is 0 Å². The molecule has 10 nitrogen and oxygen atoms in total. The summed E-state index contributed by atoms with van der Waals surface area (Å²) in [7, 11) is 0. The molecule has 0 saturated heterocycles. The van der Waals surface area contributed by atoms with Crippen LogP contribution in [0.3, 0.4) is 0 Å². The minimum absolute atomic E-state index is 0.152. The van der Waals surface area contributed by atoms with E-state index in [4.69, 9.17) is 15.6 Å². The maximum atomic E-state index is 11.8. The number of hydrogen-bond acceptors (Lipinski definition) is 5. The van der Waals surface area contributed by atoms with Crippen LogP contribution in [0.2, 0.25) is 0 Å². The summed E-state index contributed by atoms with van der Waals surface area (Å²) in [5.74, 6) is -0.443. The standard InChI is InChI=1S/C14H27N5O5/c1-9(15)18-19-11(20)10(17-12(21)22)7-5-6-8-16-13(23)24-14(2,3)4/h10,17H,5-8H2,1-4H3,(H2,15,18)(H,16,23)(H,19,20)(H,21,22). The molecule has 3 amide bonds. The lowest BCUT2D eigenvalue weighted by molar-refractivity contribution is -0.123. The lowest BCUT2D eigenvalue weighted by Crippen LogP contribution is -2.45. The minimum Gasteiger partial charge on any atom is -0.465 e. The molecule has 0 fully saturated rings. The largest absolute Gasteiger partial charge is 0.465 e. The molecule has 0 aliphatic heterocycles. The predicted octanol–water partition coefficient (Wildman–Crippen LogP) is 0.726. The highest BCUT2D eigenvalue weighted by Gasteiger charge is 2.20. The van der Waals surface area contributed by atoms with E-state index >= 15 is 0 Å². The summed E-state index contributed by atoms with van der Waals surface area (Å²) in [6.45, 7) is 7.13. The Morgan fingerprint density at radius 1 is 1.25 bits per heavy atom. The molecule has 0 spiro atoms. The Morgan fingerprint density at radius 3 is 2.38 bits per heavy atom. The third-order valence-corrected chi connectivity index (χ3v) is 2.54. The number of amidine groups is 1. The van der Waals surface area contributed by atoms with Gasteiger partial charge in [-0.15, -0.1) is 0 Å². The highest BCUT2D eigenvalue weighted by molar-refractivity contribution is 5.86. The Morgan fingerprint density at radius 2 is 1.88 bits per heavy atom. The number of amides is 3.